The summed E-state index contributed by atoms with van der Waals surface area (Å²) in [5.74, 6) is 0. The normalized spacial score (nSPS) is 12.7. The first-order valence-electron chi connectivity index (χ1n) is 4.95. The first-order valence-corrected chi connectivity index (χ1v) is 4.95. The molecular weight excluding hydrogens is 184 g/mol. The molecule has 0 aliphatic rings. The van der Waals surface area contributed by atoms with Gasteiger partial charge in [-0.05, 0) is 18.4 Å². The van der Waals surface area contributed by atoms with E-state index in [0.29, 0.717) is 0 Å². The summed E-state index contributed by atoms with van der Waals surface area (Å²) in [7, 11) is 0. The highest BCUT2D eigenvalue weighted by Crippen LogP contribution is 2.23. The number of hydrogen-bond acceptors (Lipinski definition) is 2. The molecule has 2 N–H and O–H groups in total. The minimum absolute atomic E-state index is 0.184. The lowest BCUT2D eigenvalue weighted by molar-refractivity contribution is 0.822. The Bertz CT molecular complexity index is 497. The van der Waals surface area contributed by atoms with Crippen LogP contribution >= 0.6 is 0 Å². The van der Waals surface area contributed by atoms with Crippen LogP contribution in [0.4, 0.5) is 0 Å². The Hall–Kier alpha value is -1.67. The van der Waals surface area contributed by atoms with E-state index < -0.39 is 0 Å². The summed E-state index contributed by atoms with van der Waals surface area (Å²) < 4.78 is 0. The first kappa shape index (κ1) is 9.87. The Kier molecular flexibility index (Phi) is 2.52. The molecule has 1 aromatic carbocycles. The van der Waals surface area contributed by atoms with Gasteiger partial charge in [-0.2, -0.15) is 0 Å². The van der Waals surface area contributed by atoms with Crippen LogP contribution in [-0.2, 0) is 0 Å². The first-order chi connectivity index (χ1) is 7.20. The maximum absolute atomic E-state index is 6.04. The molecule has 0 fully saturated rings. The van der Waals surface area contributed by atoms with Crippen molar-refractivity contribution in [3.63, 3.8) is 0 Å². The van der Waals surface area contributed by atoms with Gasteiger partial charge >= 0.3 is 0 Å². The van der Waals surface area contributed by atoms with Crippen LogP contribution in [0.1, 0.15) is 18.7 Å². The highest BCUT2D eigenvalue weighted by atomic mass is 14.8. The fourth-order valence-corrected chi connectivity index (χ4v) is 1.62. The maximum Gasteiger partial charge on any atom is 0.0691 e. The molecule has 1 unspecified atom stereocenters. The Morgan fingerprint density at radius 2 is 2.07 bits per heavy atom. The molecule has 1 atom stereocenters. The van der Waals surface area contributed by atoms with Crippen LogP contribution in [0.3, 0.4) is 0 Å². The molecule has 1 heterocycles. The van der Waals surface area contributed by atoms with E-state index in [0.717, 1.165) is 16.7 Å². The number of fused-ring (bicyclic) bond motifs is 1. The minimum Gasteiger partial charge on any atom is -0.319 e. The maximum atomic E-state index is 6.04. The van der Waals surface area contributed by atoms with Crippen molar-refractivity contribution in [2.45, 2.75) is 13.0 Å². The topological polar surface area (TPSA) is 38.9 Å². The lowest BCUT2D eigenvalue weighted by atomic mass is 10.0. The van der Waals surface area contributed by atoms with Gasteiger partial charge in [0, 0.05) is 11.6 Å². The van der Waals surface area contributed by atoms with Crippen LogP contribution in [0.15, 0.2) is 48.7 Å². The van der Waals surface area contributed by atoms with Gasteiger partial charge < -0.3 is 5.73 Å². The molecule has 0 bridgehead atoms. The van der Waals surface area contributed by atoms with E-state index in [4.69, 9.17) is 5.73 Å². The van der Waals surface area contributed by atoms with Gasteiger partial charge in [0.1, 0.15) is 0 Å². The molecule has 0 amide bonds. The second kappa shape index (κ2) is 3.83. The number of rotatable bonds is 2. The molecule has 1 aromatic heterocycles. The summed E-state index contributed by atoms with van der Waals surface area (Å²) in [6.45, 7) is 5.80. The zero-order valence-corrected chi connectivity index (χ0v) is 8.77. The van der Waals surface area contributed by atoms with Crippen LogP contribution < -0.4 is 5.73 Å². The van der Waals surface area contributed by atoms with E-state index >= 15 is 0 Å². The molecule has 2 heteroatoms. The number of hydrogen-bond donors (Lipinski definition) is 1. The van der Waals surface area contributed by atoms with E-state index in [9.17, 15) is 0 Å². The number of benzene rings is 1. The molecule has 0 saturated carbocycles. The summed E-state index contributed by atoms with van der Waals surface area (Å²) in [5.41, 5.74) is 7.87. The van der Waals surface area contributed by atoms with Gasteiger partial charge in [-0.15, -0.1) is 0 Å². The Morgan fingerprint density at radius 1 is 1.33 bits per heavy atom. The fourth-order valence-electron chi connectivity index (χ4n) is 1.62. The van der Waals surface area contributed by atoms with Gasteiger partial charge in [0.25, 0.3) is 0 Å². The van der Waals surface area contributed by atoms with Crippen molar-refractivity contribution in [3.8, 4) is 0 Å². The molecule has 0 radical (unpaired) electrons. The molecule has 0 aliphatic heterocycles. The lowest BCUT2D eigenvalue weighted by Gasteiger charge is -2.12. The van der Waals surface area contributed by atoms with Crippen LogP contribution in [0, 0.1) is 0 Å². The van der Waals surface area contributed by atoms with Crippen LogP contribution in [0.25, 0.3) is 10.8 Å². The second-order valence-corrected chi connectivity index (χ2v) is 3.74. The zero-order valence-electron chi connectivity index (χ0n) is 8.77. The molecule has 2 aromatic rings. The average Bonchev–Trinajstić information content (AvgIpc) is 2.27. The molecule has 76 valence electrons. The van der Waals surface area contributed by atoms with Gasteiger partial charge in [0.2, 0.25) is 0 Å². The minimum atomic E-state index is -0.184. The van der Waals surface area contributed by atoms with Crippen molar-refractivity contribution in [1.29, 1.82) is 0 Å². The predicted octanol–water partition coefficient (Wildman–Crippen LogP) is 2.81. The quantitative estimate of drug-likeness (QED) is 0.753. The Morgan fingerprint density at radius 3 is 2.80 bits per heavy atom. The third-order valence-electron chi connectivity index (χ3n) is 2.53. The van der Waals surface area contributed by atoms with Gasteiger partial charge in [-0.3, -0.25) is 4.98 Å². The monoisotopic (exact) mass is 198 g/mol. The largest absolute Gasteiger partial charge is 0.319 e. The van der Waals surface area contributed by atoms with Crippen LogP contribution in [0.5, 0.6) is 0 Å². The van der Waals surface area contributed by atoms with Gasteiger partial charge in [-0.25, -0.2) is 0 Å². The standard InChI is InChI=1S/C13H14N2/c1-9(2)12(14)13-11-6-4-3-5-10(11)7-8-15-13/h3-8,12H,1,14H2,2H3. The van der Waals surface area contributed by atoms with Crippen molar-refractivity contribution in [1.82, 2.24) is 4.98 Å². The molecule has 2 rings (SSSR count). The molecule has 0 aliphatic carbocycles. The summed E-state index contributed by atoms with van der Waals surface area (Å²) in [5, 5.41) is 2.27. The van der Waals surface area contributed by atoms with Crippen LogP contribution in [-0.4, -0.2) is 4.98 Å². The second-order valence-electron chi connectivity index (χ2n) is 3.74. The number of aromatic nitrogens is 1. The van der Waals surface area contributed by atoms with Crippen molar-refractivity contribution in [3.05, 3.63) is 54.4 Å². The number of nitrogens with zero attached hydrogens (tertiary/aromatic N) is 1. The molecule has 2 nitrogen and oxygen atoms in total. The highest BCUT2D eigenvalue weighted by molar-refractivity contribution is 5.84. The zero-order chi connectivity index (χ0) is 10.8. The van der Waals surface area contributed by atoms with E-state index in [2.05, 4.69) is 17.6 Å². The molecule has 0 spiro atoms. The smallest absolute Gasteiger partial charge is 0.0691 e. The SMILES string of the molecule is C=C(C)C(N)c1nccc2ccccc12. The molecule has 0 saturated heterocycles. The fraction of sp³-hybridized carbons (Fsp3) is 0.154. The average molecular weight is 198 g/mol. The van der Waals surface area contributed by atoms with Crippen molar-refractivity contribution >= 4 is 10.8 Å². The summed E-state index contributed by atoms with van der Waals surface area (Å²) in [6, 6.07) is 9.92. The lowest BCUT2D eigenvalue weighted by Crippen LogP contribution is -2.13. The van der Waals surface area contributed by atoms with Gasteiger partial charge in [-0.1, -0.05) is 36.4 Å². The third kappa shape index (κ3) is 1.76. The van der Waals surface area contributed by atoms with Crippen LogP contribution in [0.2, 0.25) is 0 Å². The predicted molar refractivity (Wildman–Crippen MR) is 63.5 cm³/mol. The molecular formula is C13H14N2. The summed E-state index contributed by atoms with van der Waals surface area (Å²) >= 11 is 0. The number of nitrogens with two attached hydrogens (primary N) is 1. The van der Waals surface area contributed by atoms with E-state index in [-0.39, 0.29) is 6.04 Å². The van der Waals surface area contributed by atoms with Crippen molar-refractivity contribution in [2.75, 3.05) is 0 Å². The highest BCUT2D eigenvalue weighted by Gasteiger charge is 2.10. The Labute approximate surface area is 89.4 Å². The van der Waals surface area contributed by atoms with E-state index in [1.807, 2.05) is 31.2 Å². The molecule has 15 heavy (non-hydrogen) atoms. The van der Waals surface area contributed by atoms with E-state index in [1.54, 1.807) is 6.20 Å². The van der Waals surface area contributed by atoms with Gasteiger partial charge in [0.05, 0.1) is 11.7 Å². The van der Waals surface area contributed by atoms with Gasteiger partial charge in [0.15, 0.2) is 0 Å². The Balaban J connectivity index is 2.65. The summed E-state index contributed by atoms with van der Waals surface area (Å²) in [6.07, 6.45) is 1.79. The van der Waals surface area contributed by atoms with E-state index in [1.165, 1.54) is 5.39 Å². The van der Waals surface area contributed by atoms with Crippen molar-refractivity contribution in [2.24, 2.45) is 5.73 Å². The number of pyridine rings is 1. The van der Waals surface area contributed by atoms with Crippen molar-refractivity contribution < 1.29 is 0 Å². The third-order valence-corrected chi connectivity index (χ3v) is 2.53. The summed E-state index contributed by atoms with van der Waals surface area (Å²) in [4.78, 5) is 4.34.